The zero-order chi connectivity index (χ0) is 19.2. The van der Waals surface area contributed by atoms with E-state index in [4.69, 9.17) is 9.47 Å². The number of ether oxygens (including phenoxy) is 2. The molecule has 0 aliphatic carbocycles. The third kappa shape index (κ3) is 4.82. The highest BCUT2D eigenvalue weighted by Gasteiger charge is 2.25. The molecular weight excluding hydrogens is 352 g/mol. The van der Waals surface area contributed by atoms with Gasteiger partial charge in [0.15, 0.2) is 0 Å². The molecule has 3 rings (SSSR count). The third-order valence-electron chi connectivity index (χ3n) is 4.47. The summed E-state index contributed by atoms with van der Waals surface area (Å²) >= 11 is 0. The lowest BCUT2D eigenvalue weighted by atomic mass is 10.1. The lowest BCUT2D eigenvalue weighted by Crippen LogP contribution is -2.39. The van der Waals surface area contributed by atoms with E-state index in [1.807, 2.05) is 24.3 Å². The van der Waals surface area contributed by atoms with E-state index in [1.54, 1.807) is 12.0 Å². The quantitative estimate of drug-likeness (QED) is 0.518. The van der Waals surface area contributed by atoms with Crippen LogP contribution < -0.4 is 4.74 Å². The van der Waals surface area contributed by atoms with Crippen molar-refractivity contribution in [3.05, 3.63) is 52.2 Å². The fraction of sp³-hybridized carbons (Fsp3) is 0.444. The zero-order valence-electron chi connectivity index (χ0n) is 15.1. The molecule has 1 saturated heterocycles. The number of nitro groups is 1. The molecule has 1 aromatic carbocycles. The number of para-hydroxylation sites is 1. The molecule has 2 heterocycles. The minimum Gasteiger partial charge on any atom is -0.496 e. The number of benzene rings is 1. The molecule has 1 aromatic heterocycles. The van der Waals surface area contributed by atoms with Crippen molar-refractivity contribution < 1.29 is 19.2 Å². The summed E-state index contributed by atoms with van der Waals surface area (Å²) in [4.78, 5) is 24.8. The van der Waals surface area contributed by atoms with E-state index in [-0.39, 0.29) is 24.4 Å². The van der Waals surface area contributed by atoms with Gasteiger partial charge in [-0.25, -0.2) is 0 Å². The topological polar surface area (TPSA) is 99.7 Å². The highest BCUT2D eigenvalue weighted by molar-refractivity contribution is 5.76. The SMILES string of the molecule is COc1ccccc1CN(CC1CCCO1)C(=O)Cn1ccc([N+](=O)[O-])n1. The summed E-state index contributed by atoms with van der Waals surface area (Å²) in [6, 6.07) is 8.80. The Morgan fingerprint density at radius 2 is 2.26 bits per heavy atom. The van der Waals surface area contributed by atoms with E-state index in [0.717, 1.165) is 18.4 Å². The van der Waals surface area contributed by atoms with Gasteiger partial charge in [0.1, 0.15) is 12.3 Å². The smallest absolute Gasteiger partial charge is 0.389 e. The van der Waals surface area contributed by atoms with Crippen LogP contribution in [0.2, 0.25) is 0 Å². The van der Waals surface area contributed by atoms with E-state index < -0.39 is 4.92 Å². The summed E-state index contributed by atoms with van der Waals surface area (Å²) in [6.45, 7) is 1.45. The lowest BCUT2D eigenvalue weighted by molar-refractivity contribution is -0.389. The van der Waals surface area contributed by atoms with Gasteiger partial charge in [0, 0.05) is 25.3 Å². The van der Waals surface area contributed by atoms with Crippen molar-refractivity contribution in [2.45, 2.75) is 32.0 Å². The van der Waals surface area contributed by atoms with Crippen LogP contribution in [0.15, 0.2) is 36.5 Å². The number of methoxy groups -OCH3 is 1. The van der Waals surface area contributed by atoms with Crippen molar-refractivity contribution >= 4 is 11.7 Å². The van der Waals surface area contributed by atoms with E-state index in [0.29, 0.717) is 25.4 Å². The maximum absolute atomic E-state index is 12.9. The first-order chi connectivity index (χ1) is 13.1. The molecule has 1 fully saturated rings. The molecule has 9 nitrogen and oxygen atoms in total. The molecule has 0 spiro atoms. The van der Waals surface area contributed by atoms with Gasteiger partial charge in [0.05, 0.1) is 30.6 Å². The average Bonchev–Trinajstić information content (AvgIpc) is 3.33. The monoisotopic (exact) mass is 374 g/mol. The number of carbonyl (C=O) groups is 1. The van der Waals surface area contributed by atoms with Crippen LogP contribution in [0.1, 0.15) is 18.4 Å². The highest BCUT2D eigenvalue weighted by Crippen LogP contribution is 2.21. The molecule has 1 unspecified atom stereocenters. The Hall–Kier alpha value is -2.94. The molecule has 0 saturated carbocycles. The van der Waals surface area contributed by atoms with E-state index >= 15 is 0 Å². The van der Waals surface area contributed by atoms with Crippen molar-refractivity contribution in [3.8, 4) is 5.75 Å². The van der Waals surface area contributed by atoms with Crippen LogP contribution in [0.4, 0.5) is 5.82 Å². The van der Waals surface area contributed by atoms with E-state index in [1.165, 1.54) is 16.9 Å². The van der Waals surface area contributed by atoms with Crippen LogP contribution in [0.3, 0.4) is 0 Å². The average molecular weight is 374 g/mol. The molecule has 1 atom stereocenters. The second-order valence-electron chi connectivity index (χ2n) is 6.35. The Bertz CT molecular complexity index is 801. The fourth-order valence-corrected chi connectivity index (χ4v) is 3.10. The molecule has 1 amide bonds. The number of rotatable bonds is 8. The normalized spacial score (nSPS) is 16.3. The van der Waals surface area contributed by atoms with Crippen LogP contribution in [-0.2, 0) is 22.6 Å². The second-order valence-corrected chi connectivity index (χ2v) is 6.35. The Morgan fingerprint density at radius 1 is 1.44 bits per heavy atom. The van der Waals surface area contributed by atoms with E-state index in [2.05, 4.69) is 5.10 Å². The number of carbonyl (C=O) groups excluding carboxylic acids is 1. The van der Waals surface area contributed by atoms with Gasteiger partial charge in [0.2, 0.25) is 5.91 Å². The summed E-state index contributed by atoms with van der Waals surface area (Å²) in [7, 11) is 1.59. The van der Waals surface area contributed by atoms with Gasteiger partial charge in [-0.1, -0.05) is 18.2 Å². The first kappa shape index (κ1) is 18.8. The molecule has 27 heavy (non-hydrogen) atoms. The molecule has 0 N–H and O–H groups in total. The molecule has 9 heteroatoms. The minimum atomic E-state index is -0.583. The predicted molar refractivity (Wildman–Crippen MR) is 96.3 cm³/mol. The molecular formula is C18H22N4O5. The summed E-state index contributed by atoms with van der Waals surface area (Å²) in [5.41, 5.74) is 0.887. The third-order valence-corrected chi connectivity index (χ3v) is 4.47. The van der Waals surface area contributed by atoms with Gasteiger partial charge in [-0.2, -0.15) is 4.68 Å². The number of hydrogen-bond acceptors (Lipinski definition) is 6. The molecule has 0 radical (unpaired) electrons. The van der Waals surface area contributed by atoms with Crippen LogP contribution >= 0.6 is 0 Å². The maximum Gasteiger partial charge on any atom is 0.389 e. The first-order valence-corrected chi connectivity index (χ1v) is 8.76. The van der Waals surface area contributed by atoms with Gasteiger partial charge >= 0.3 is 5.82 Å². The molecule has 144 valence electrons. The fourth-order valence-electron chi connectivity index (χ4n) is 3.10. The summed E-state index contributed by atoms with van der Waals surface area (Å²) in [5, 5.41) is 14.6. The Kier molecular flexibility index (Phi) is 6.02. The van der Waals surface area contributed by atoms with E-state index in [9.17, 15) is 14.9 Å². The summed E-state index contributed by atoms with van der Waals surface area (Å²) < 4.78 is 12.3. The van der Waals surface area contributed by atoms with Crippen LogP contribution in [0, 0.1) is 10.1 Å². The van der Waals surface area contributed by atoms with Crippen LogP contribution in [0.25, 0.3) is 0 Å². The summed E-state index contributed by atoms with van der Waals surface area (Å²) in [5.74, 6) is 0.241. The van der Waals surface area contributed by atoms with Crippen LogP contribution in [0.5, 0.6) is 5.75 Å². The largest absolute Gasteiger partial charge is 0.496 e. The van der Waals surface area contributed by atoms with Gasteiger partial charge in [-0.15, -0.1) is 0 Å². The van der Waals surface area contributed by atoms with Gasteiger partial charge in [0.25, 0.3) is 0 Å². The predicted octanol–water partition coefficient (Wildman–Crippen LogP) is 2.01. The number of aromatic nitrogens is 2. The Balaban J connectivity index is 1.75. The van der Waals surface area contributed by atoms with Crippen molar-refractivity contribution in [3.63, 3.8) is 0 Å². The number of nitrogens with zero attached hydrogens (tertiary/aromatic N) is 4. The second kappa shape index (κ2) is 8.63. The lowest BCUT2D eigenvalue weighted by Gasteiger charge is -2.26. The molecule has 1 aliphatic heterocycles. The number of amides is 1. The number of hydrogen-bond donors (Lipinski definition) is 0. The van der Waals surface area contributed by atoms with Crippen LogP contribution in [-0.4, -0.2) is 51.9 Å². The highest BCUT2D eigenvalue weighted by atomic mass is 16.6. The first-order valence-electron chi connectivity index (χ1n) is 8.76. The standard InChI is InChI=1S/C18H22N4O5/c1-26-16-7-3-2-5-14(16)11-20(12-15-6-4-10-27-15)18(23)13-21-9-8-17(19-21)22(24)25/h2-3,5,7-9,15H,4,6,10-13H2,1H3. The molecule has 1 aliphatic rings. The molecule has 2 aromatic rings. The Labute approximate surface area is 156 Å². The van der Waals surface area contributed by atoms with Crippen molar-refractivity contribution in [1.29, 1.82) is 0 Å². The Morgan fingerprint density at radius 3 is 2.93 bits per heavy atom. The minimum absolute atomic E-state index is 0.00406. The van der Waals surface area contributed by atoms with Gasteiger partial charge in [-0.3, -0.25) is 4.79 Å². The zero-order valence-corrected chi connectivity index (χ0v) is 15.1. The van der Waals surface area contributed by atoms with Gasteiger partial charge < -0.3 is 24.5 Å². The van der Waals surface area contributed by atoms with Gasteiger partial charge in [-0.05, 0) is 23.8 Å². The molecule has 0 bridgehead atoms. The summed E-state index contributed by atoms with van der Waals surface area (Å²) in [6.07, 6.45) is 3.31. The van der Waals surface area contributed by atoms with Crippen molar-refractivity contribution in [2.24, 2.45) is 0 Å². The van der Waals surface area contributed by atoms with Crippen molar-refractivity contribution in [2.75, 3.05) is 20.3 Å². The maximum atomic E-state index is 12.9. The van der Waals surface area contributed by atoms with Crippen molar-refractivity contribution in [1.82, 2.24) is 14.7 Å².